The Bertz CT molecular complexity index is 582. The summed E-state index contributed by atoms with van der Waals surface area (Å²) in [7, 11) is 1.69. The van der Waals surface area contributed by atoms with Gasteiger partial charge in [0, 0.05) is 11.5 Å². The fourth-order valence-electron chi connectivity index (χ4n) is 1.58. The molecule has 20 heavy (non-hydrogen) atoms. The Labute approximate surface area is 130 Å². The molecule has 2 aromatic rings. The van der Waals surface area contributed by atoms with Gasteiger partial charge in [0.15, 0.2) is 0 Å². The first-order valence-electron chi connectivity index (χ1n) is 5.95. The molecule has 0 fully saturated rings. The third kappa shape index (κ3) is 3.77. The highest BCUT2D eigenvalue weighted by molar-refractivity contribution is 9.10. The molecule has 0 unspecified atom stereocenters. The first-order chi connectivity index (χ1) is 9.58. The second-order valence-corrected chi connectivity index (χ2v) is 5.40. The highest BCUT2D eigenvalue weighted by Gasteiger charge is 2.17. The molecule has 106 valence electrons. The number of rotatable bonds is 5. The van der Waals surface area contributed by atoms with E-state index in [2.05, 4.69) is 15.9 Å². The van der Waals surface area contributed by atoms with Crippen LogP contribution in [0, 0.1) is 0 Å². The van der Waals surface area contributed by atoms with Crippen LogP contribution in [-0.2, 0) is 0 Å². The van der Waals surface area contributed by atoms with Crippen molar-refractivity contribution in [1.82, 2.24) is 4.90 Å². The van der Waals surface area contributed by atoms with Crippen LogP contribution in [0.3, 0.4) is 0 Å². The van der Waals surface area contributed by atoms with Gasteiger partial charge in [0.25, 0.3) is 5.91 Å². The molecule has 0 saturated carbocycles. The largest absolute Gasteiger partial charge is 0.492 e. The van der Waals surface area contributed by atoms with Gasteiger partial charge >= 0.3 is 0 Å². The average Bonchev–Trinajstić information content (AvgIpc) is 2.86. The van der Waals surface area contributed by atoms with E-state index in [1.165, 1.54) is 11.2 Å². The van der Waals surface area contributed by atoms with Crippen LogP contribution in [0.4, 0.5) is 0 Å². The fraction of sp³-hybridized carbons (Fsp3) is 0.214. The molecular formula is C14H13BrClNO3. The number of hydrogen-bond donors (Lipinski definition) is 0. The van der Waals surface area contributed by atoms with Crippen LogP contribution < -0.4 is 4.74 Å². The summed E-state index contributed by atoms with van der Waals surface area (Å²) in [6.45, 7) is 0.857. The molecule has 1 heterocycles. The summed E-state index contributed by atoms with van der Waals surface area (Å²) in [6.07, 6.45) is 1.39. The molecule has 0 spiro atoms. The van der Waals surface area contributed by atoms with Crippen molar-refractivity contribution in [3.63, 3.8) is 0 Å². The molecule has 0 saturated heterocycles. The summed E-state index contributed by atoms with van der Waals surface area (Å²) in [5, 5.41) is 0.107. The summed E-state index contributed by atoms with van der Waals surface area (Å²) in [5.74, 6) is 0.568. The lowest BCUT2D eigenvalue weighted by Gasteiger charge is -2.16. The first-order valence-corrected chi connectivity index (χ1v) is 7.12. The summed E-state index contributed by atoms with van der Waals surface area (Å²) in [5.41, 5.74) is 0.359. The summed E-state index contributed by atoms with van der Waals surface area (Å²) in [6, 6.07) is 9.07. The predicted octanol–water partition coefficient (Wildman–Crippen LogP) is 3.85. The van der Waals surface area contributed by atoms with Gasteiger partial charge in [-0.3, -0.25) is 4.79 Å². The zero-order valence-electron chi connectivity index (χ0n) is 10.8. The molecule has 2 rings (SSSR count). The molecule has 4 nitrogen and oxygen atoms in total. The monoisotopic (exact) mass is 357 g/mol. The number of nitrogens with zero attached hydrogens (tertiary/aromatic N) is 1. The van der Waals surface area contributed by atoms with Crippen LogP contribution in [0.25, 0.3) is 0 Å². The van der Waals surface area contributed by atoms with Crippen molar-refractivity contribution >= 4 is 33.4 Å². The van der Waals surface area contributed by atoms with Crippen molar-refractivity contribution in [2.24, 2.45) is 0 Å². The van der Waals surface area contributed by atoms with Gasteiger partial charge in [-0.15, -0.1) is 0 Å². The second kappa shape index (κ2) is 6.81. The zero-order chi connectivity index (χ0) is 14.5. The fourth-order valence-corrected chi connectivity index (χ4v) is 2.04. The Hall–Kier alpha value is -1.46. The molecule has 1 amide bonds. The molecule has 0 aliphatic rings. The van der Waals surface area contributed by atoms with Crippen molar-refractivity contribution in [2.45, 2.75) is 0 Å². The lowest BCUT2D eigenvalue weighted by molar-refractivity contribution is 0.0773. The van der Waals surface area contributed by atoms with Crippen molar-refractivity contribution in [3.05, 3.63) is 51.9 Å². The van der Waals surface area contributed by atoms with E-state index in [1.54, 1.807) is 13.1 Å². The molecule has 0 atom stereocenters. The predicted molar refractivity (Wildman–Crippen MR) is 80.3 cm³/mol. The van der Waals surface area contributed by atoms with Crippen LogP contribution in [0.1, 0.15) is 10.4 Å². The van der Waals surface area contributed by atoms with Gasteiger partial charge in [0.2, 0.25) is 5.22 Å². The van der Waals surface area contributed by atoms with Crippen molar-refractivity contribution in [1.29, 1.82) is 0 Å². The van der Waals surface area contributed by atoms with E-state index < -0.39 is 0 Å². The van der Waals surface area contributed by atoms with E-state index in [9.17, 15) is 4.79 Å². The minimum Gasteiger partial charge on any atom is -0.492 e. The average molecular weight is 359 g/mol. The summed E-state index contributed by atoms with van der Waals surface area (Å²) < 4.78 is 11.5. The molecule has 6 heteroatoms. The van der Waals surface area contributed by atoms with Crippen LogP contribution in [0.2, 0.25) is 5.22 Å². The van der Waals surface area contributed by atoms with Crippen molar-refractivity contribution in [3.8, 4) is 5.75 Å². The van der Waals surface area contributed by atoms with Gasteiger partial charge in [0.1, 0.15) is 12.4 Å². The Morgan fingerprint density at radius 2 is 2.05 bits per heavy atom. The van der Waals surface area contributed by atoms with E-state index in [4.69, 9.17) is 20.8 Å². The van der Waals surface area contributed by atoms with Gasteiger partial charge in [-0.1, -0.05) is 15.9 Å². The maximum Gasteiger partial charge on any atom is 0.258 e. The van der Waals surface area contributed by atoms with Crippen LogP contribution in [0.5, 0.6) is 5.75 Å². The molecule has 0 N–H and O–H groups in total. The lowest BCUT2D eigenvalue weighted by Crippen LogP contribution is -2.30. The van der Waals surface area contributed by atoms with Crippen LogP contribution in [0.15, 0.2) is 45.5 Å². The third-order valence-electron chi connectivity index (χ3n) is 2.70. The standard InChI is InChI=1S/C14H13BrClNO3/c1-17(14(18)12-6-8-20-13(12)16)7-9-19-11-4-2-10(15)3-5-11/h2-6,8H,7,9H2,1H3. The van der Waals surface area contributed by atoms with E-state index in [0.717, 1.165) is 10.2 Å². The zero-order valence-corrected chi connectivity index (χ0v) is 13.1. The van der Waals surface area contributed by atoms with E-state index >= 15 is 0 Å². The number of halogens is 2. The number of carbonyl (C=O) groups excluding carboxylic acids is 1. The molecule has 1 aromatic heterocycles. The molecule has 0 aliphatic carbocycles. The van der Waals surface area contributed by atoms with Gasteiger partial charge in [-0.25, -0.2) is 0 Å². The second-order valence-electron chi connectivity index (χ2n) is 4.14. The normalized spacial score (nSPS) is 10.3. The number of likely N-dealkylation sites (N-methyl/N-ethyl adjacent to an activating group) is 1. The Kier molecular flexibility index (Phi) is 5.09. The van der Waals surface area contributed by atoms with E-state index in [1.807, 2.05) is 24.3 Å². The number of ether oxygens (including phenoxy) is 1. The highest BCUT2D eigenvalue weighted by atomic mass is 79.9. The number of furan rings is 1. The van der Waals surface area contributed by atoms with Crippen molar-refractivity contribution in [2.75, 3.05) is 20.2 Å². The Morgan fingerprint density at radius 3 is 2.65 bits per heavy atom. The van der Waals surface area contributed by atoms with Crippen LogP contribution >= 0.6 is 27.5 Å². The molecule has 1 aromatic carbocycles. The quantitative estimate of drug-likeness (QED) is 0.815. The van der Waals surface area contributed by atoms with Gasteiger partial charge < -0.3 is 14.1 Å². The van der Waals surface area contributed by atoms with Gasteiger partial charge in [-0.05, 0) is 41.9 Å². The maximum absolute atomic E-state index is 12.0. The smallest absolute Gasteiger partial charge is 0.258 e. The summed E-state index contributed by atoms with van der Waals surface area (Å²) >= 11 is 9.13. The highest BCUT2D eigenvalue weighted by Crippen LogP contribution is 2.18. The number of benzene rings is 1. The number of hydrogen-bond acceptors (Lipinski definition) is 3. The molecule has 0 bridgehead atoms. The maximum atomic E-state index is 12.0. The Morgan fingerprint density at radius 1 is 1.35 bits per heavy atom. The first kappa shape index (κ1) is 14.9. The minimum atomic E-state index is -0.192. The van der Waals surface area contributed by atoms with E-state index in [0.29, 0.717) is 18.7 Å². The SMILES string of the molecule is CN(CCOc1ccc(Br)cc1)C(=O)c1ccoc1Cl. The molecule has 0 aliphatic heterocycles. The Balaban J connectivity index is 1.83. The van der Waals surface area contributed by atoms with Gasteiger partial charge in [0.05, 0.1) is 18.4 Å². The minimum absolute atomic E-state index is 0.107. The number of amides is 1. The van der Waals surface area contributed by atoms with Crippen LogP contribution in [-0.4, -0.2) is 31.0 Å². The third-order valence-corrected chi connectivity index (χ3v) is 3.53. The van der Waals surface area contributed by atoms with E-state index in [-0.39, 0.29) is 11.1 Å². The topological polar surface area (TPSA) is 42.7 Å². The lowest BCUT2D eigenvalue weighted by atomic mass is 10.3. The number of carbonyl (C=O) groups is 1. The van der Waals surface area contributed by atoms with Crippen molar-refractivity contribution < 1.29 is 13.9 Å². The van der Waals surface area contributed by atoms with Gasteiger partial charge in [-0.2, -0.15) is 0 Å². The summed E-state index contributed by atoms with van der Waals surface area (Å²) in [4.78, 5) is 13.6. The molecule has 0 radical (unpaired) electrons. The molecular weight excluding hydrogens is 346 g/mol.